The molecule has 27 heavy (non-hydrogen) atoms. The Morgan fingerprint density at radius 3 is 2.44 bits per heavy atom. The van der Waals surface area contributed by atoms with Gasteiger partial charge >= 0.3 is 0 Å². The third-order valence-electron chi connectivity index (χ3n) is 4.27. The minimum atomic E-state index is -0.655. The lowest BCUT2D eigenvalue weighted by atomic mass is 10.0. The van der Waals surface area contributed by atoms with E-state index < -0.39 is 6.04 Å². The second kappa shape index (κ2) is 9.76. The molecule has 0 radical (unpaired) electrons. The number of benzene rings is 2. The van der Waals surface area contributed by atoms with E-state index in [1.807, 2.05) is 51.1 Å². The number of hydrogen-bond acceptors (Lipinski definition) is 3. The first-order valence-electron chi connectivity index (χ1n) is 9.38. The van der Waals surface area contributed by atoms with Gasteiger partial charge in [-0.25, -0.2) is 0 Å². The van der Waals surface area contributed by atoms with Gasteiger partial charge in [-0.3, -0.25) is 9.59 Å². The van der Waals surface area contributed by atoms with Gasteiger partial charge in [-0.15, -0.1) is 0 Å². The number of amides is 2. The van der Waals surface area contributed by atoms with Crippen molar-refractivity contribution in [1.29, 1.82) is 0 Å². The third kappa shape index (κ3) is 5.58. The predicted octanol–water partition coefficient (Wildman–Crippen LogP) is 4.04. The number of para-hydroxylation sites is 1. The van der Waals surface area contributed by atoms with Crippen LogP contribution in [0.5, 0.6) is 5.75 Å². The summed E-state index contributed by atoms with van der Waals surface area (Å²) < 4.78 is 5.52. The van der Waals surface area contributed by atoms with Gasteiger partial charge in [-0.2, -0.15) is 0 Å². The van der Waals surface area contributed by atoms with Crippen LogP contribution in [0.4, 0.5) is 5.69 Å². The third-order valence-corrected chi connectivity index (χ3v) is 4.27. The first-order chi connectivity index (χ1) is 13.0. The van der Waals surface area contributed by atoms with E-state index in [2.05, 4.69) is 17.6 Å². The summed E-state index contributed by atoms with van der Waals surface area (Å²) in [6.07, 6.45) is 0.891. The van der Waals surface area contributed by atoms with Crippen LogP contribution >= 0.6 is 0 Å². The summed E-state index contributed by atoms with van der Waals surface area (Å²) in [5, 5.41) is 5.76. The van der Waals surface area contributed by atoms with Gasteiger partial charge in [-0.05, 0) is 49.1 Å². The lowest BCUT2D eigenvalue weighted by molar-refractivity contribution is -0.118. The zero-order valence-corrected chi connectivity index (χ0v) is 16.4. The van der Waals surface area contributed by atoms with Gasteiger partial charge in [0, 0.05) is 5.69 Å². The molecule has 2 amide bonds. The fourth-order valence-corrected chi connectivity index (χ4v) is 2.78. The van der Waals surface area contributed by atoms with E-state index in [1.165, 1.54) is 0 Å². The molecule has 5 nitrogen and oxygen atoms in total. The van der Waals surface area contributed by atoms with Crippen molar-refractivity contribution in [3.8, 4) is 5.75 Å². The normalized spacial score (nSPS) is 11.7. The van der Waals surface area contributed by atoms with Crippen molar-refractivity contribution < 1.29 is 14.3 Å². The van der Waals surface area contributed by atoms with Crippen LogP contribution in [-0.2, 0) is 11.2 Å². The number of hydrogen-bond donors (Lipinski definition) is 2. The highest BCUT2D eigenvalue weighted by Crippen LogP contribution is 2.19. The van der Waals surface area contributed by atoms with Crippen LogP contribution in [0.2, 0.25) is 0 Å². The van der Waals surface area contributed by atoms with Gasteiger partial charge in [-0.1, -0.05) is 45.0 Å². The second-order valence-corrected chi connectivity index (χ2v) is 6.67. The summed E-state index contributed by atoms with van der Waals surface area (Å²) in [4.78, 5) is 25.5. The van der Waals surface area contributed by atoms with E-state index in [1.54, 1.807) is 18.2 Å². The molecule has 0 aromatic heterocycles. The minimum absolute atomic E-state index is 0.0671. The maximum absolute atomic E-state index is 12.8. The zero-order chi connectivity index (χ0) is 19.8. The summed E-state index contributed by atoms with van der Waals surface area (Å²) in [6.45, 7) is 8.20. The van der Waals surface area contributed by atoms with Crippen LogP contribution in [0.1, 0.15) is 43.6 Å². The molecule has 0 bridgehead atoms. The lowest BCUT2D eigenvalue weighted by Crippen LogP contribution is -2.47. The Morgan fingerprint density at radius 1 is 1.04 bits per heavy atom. The number of anilines is 1. The molecule has 0 spiro atoms. The SMILES string of the molecule is CCOc1ccccc1C(=O)NC(C(=O)Nc1cccc(CC)c1)C(C)C. The quantitative estimate of drug-likeness (QED) is 0.739. The van der Waals surface area contributed by atoms with Crippen molar-refractivity contribution in [3.05, 3.63) is 59.7 Å². The fraction of sp³-hybridized carbons (Fsp3) is 0.364. The first kappa shape index (κ1) is 20.5. The molecule has 5 heteroatoms. The number of nitrogens with one attached hydrogen (secondary N) is 2. The van der Waals surface area contributed by atoms with Gasteiger partial charge in [0.2, 0.25) is 5.91 Å². The summed E-state index contributed by atoms with van der Waals surface area (Å²) in [6, 6.07) is 14.1. The number of aryl methyl sites for hydroxylation is 1. The second-order valence-electron chi connectivity index (χ2n) is 6.67. The number of rotatable bonds is 8. The molecule has 2 aromatic rings. The zero-order valence-electron chi connectivity index (χ0n) is 16.4. The Morgan fingerprint density at radius 2 is 1.78 bits per heavy atom. The number of ether oxygens (including phenoxy) is 1. The van der Waals surface area contributed by atoms with E-state index in [9.17, 15) is 9.59 Å². The fourth-order valence-electron chi connectivity index (χ4n) is 2.78. The molecule has 0 saturated heterocycles. The molecular formula is C22H28N2O3. The Bertz CT molecular complexity index is 787. The molecule has 2 N–H and O–H groups in total. The van der Waals surface area contributed by atoms with Gasteiger partial charge in [0.05, 0.1) is 12.2 Å². The topological polar surface area (TPSA) is 67.4 Å². The average Bonchev–Trinajstić information content (AvgIpc) is 2.66. The Hall–Kier alpha value is -2.82. The highest BCUT2D eigenvalue weighted by Gasteiger charge is 2.26. The number of carbonyl (C=O) groups excluding carboxylic acids is 2. The maximum atomic E-state index is 12.8. The highest BCUT2D eigenvalue weighted by atomic mass is 16.5. The van der Waals surface area contributed by atoms with Crippen molar-refractivity contribution in [2.75, 3.05) is 11.9 Å². The van der Waals surface area contributed by atoms with Crippen LogP contribution in [0.15, 0.2) is 48.5 Å². The molecule has 2 rings (SSSR count). The van der Waals surface area contributed by atoms with Crippen molar-refractivity contribution in [1.82, 2.24) is 5.32 Å². The molecule has 0 aliphatic rings. The van der Waals surface area contributed by atoms with Crippen LogP contribution < -0.4 is 15.4 Å². The Labute approximate surface area is 161 Å². The van der Waals surface area contributed by atoms with Crippen molar-refractivity contribution in [3.63, 3.8) is 0 Å². The molecule has 0 saturated carbocycles. The van der Waals surface area contributed by atoms with Crippen LogP contribution in [0, 0.1) is 5.92 Å². The minimum Gasteiger partial charge on any atom is -0.493 e. The van der Waals surface area contributed by atoms with Crippen molar-refractivity contribution in [2.24, 2.45) is 5.92 Å². The molecule has 1 unspecified atom stereocenters. The largest absolute Gasteiger partial charge is 0.493 e. The Kier molecular flexibility index (Phi) is 7.41. The van der Waals surface area contributed by atoms with E-state index >= 15 is 0 Å². The van der Waals surface area contributed by atoms with Crippen LogP contribution in [0.25, 0.3) is 0 Å². The smallest absolute Gasteiger partial charge is 0.255 e. The summed E-state index contributed by atoms with van der Waals surface area (Å²) in [7, 11) is 0. The highest BCUT2D eigenvalue weighted by molar-refractivity contribution is 6.02. The maximum Gasteiger partial charge on any atom is 0.255 e. The molecule has 2 aromatic carbocycles. The summed E-state index contributed by atoms with van der Waals surface area (Å²) in [5.41, 5.74) is 2.29. The molecule has 0 fully saturated rings. The van der Waals surface area contributed by atoms with Gasteiger partial charge in [0.15, 0.2) is 0 Å². The lowest BCUT2D eigenvalue weighted by Gasteiger charge is -2.22. The molecule has 0 heterocycles. The Balaban J connectivity index is 2.15. The van der Waals surface area contributed by atoms with E-state index in [4.69, 9.17) is 4.74 Å². The number of carbonyl (C=O) groups is 2. The van der Waals surface area contributed by atoms with E-state index in [0.29, 0.717) is 17.9 Å². The molecule has 0 aliphatic carbocycles. The monoisotopic (exact) mass is 368 g/mol. The van der Waals surface area contributed by atoms with Crippen LogP contribution in [-0.4, -0.2) is 24.5 Å². The molecule has 0 aliphatic heterocycles. The average molecular weight is 368 g/mol. The van der Waals surface area contributed by atoms with Crippen LogP contribution in [0.3, 0.4) is 0 Å². The standard InChI is InChI=1S/C22H28N2O3/c1-5-16-10-9-11-17(14-16)23-22(26)20(15(3)4)24-21(25)18-12-7-8-13-19(18)27-6-2/h7-15,20H,5-6H2,1-4H3,(H,23,26)(H,24,25). The van der Waals surface area contributed by atoms with Crippen molar-refractivity contribution >= 4 is 17.5 Å². The predicted molar refractivity (Wildman–Crippen MR) is 108 cm³/mol. The van der Waals surface area contributed by atoms with E-state index in [0.717, 1.165) is 17.7 Å². The molecule has 144 valence electrons. The summed E-state index contributed by atoms with van der Waals surface area (Å²) in [5.74, 6) is -0.116. The van der Waals surface area contributed by atoms with Gasteiger partial charge in [0.25, 0.3) is 5.91 Å². The molecular weight excluding hydrogens is 340 g/mol. The summed E-state index contributed by atoms with van der Waals surface area (Å²) >= 11 is 0. The van der Waals surface area contributed by atoms with E-state index in [-0.39, 0.29) is 17.7 Å². The van der Waals surface area contributed by atoms with Gasteiger partial charge < -0.3 is 15.4 Å². The van der Waals surface area contributed by atoms with Crippen molar-refractivity contribution in [2.45, 2.75) is 40.2 Å². The van der Waals surface area contributed by atoms with Gasteiger partial charge in [0.1, 0.15) is 11.8 Å². The molecule has 1 atom stereocenters. The first-order valence-corrected chi connectivity index (χ1v) is 9.38.